The topological polar surface area (TPSA) is 6.48 Å². The van der Waals surface area contributed by atoms with Gasteiger partial charge in [0.05, 0.1) is 0 Å². The van der Waals surface area contributed by atoms with Crippen LogP contribution in [0.2, 0.25) is 0 Å². The quantitative estimate of drug-likeness (QED) is 0.757. The van der Waals surface area contributed by atoms with E-state index in [4.69, 9.17) is 0 Å². The number of hydrogen-bond donors (Lipinski definition) is 0. The second-order valence-corrected chi connectivity index (χ2v) is 9.78. The van der Waals surface area contributed by atoms with E-state index in [0.717, 1.165) is 36.3 Å². The van der Waals surface area contributed by atoms with Gasteiger partial charge < -0.3 is 0 Å². The molecule has 1 saturated heterocycles. The first-order valence-electron chi connectivity index (χ1n) is 9.95. The van der Waals surface area contributed by atoms with Gasteiger partial charge in [0.1, 0.15) is 0 Å². The number of hydrogen-bond acceptors (Lipinski definition) is 2. The molecule has 1 aliphatic heterocycles. The van der Waals surface area contributed by atoms with Crippen molar-refractivity contribution < 1.29 is 0 Å². The molecule has 1 heterocycles. The van der Waals surface area contributed by atoms with Crippen molar-refractivity contribution in [1.82, 2.24) is 9.80 Å². The Bertz CT molecular complexity index is 548. The third-order valence-electron chi connectivity index (χ3n) is 7.32. The van der Waals surface area contributed by atoms with Gasteiger partial charge in [0.15, 0.2) is 0 Å². The van der Waals surface area contributed by atoms with Crippen molar-refractivity contribution in [1.29, 1.82) is 0 Å². The molecule has 0 aromatic heterocycles. The fraction of sp³-hybridized carbons (Fsp3) is 0.714. The van der Waals surface area contributed by atoms with Gasteiger partial charge >= 0.3 is 0 Å². The van der Waals surface area contributed by atoms with Crippen molar-refractivity contribution in [3.8, 4) is 0 Å². The average Bonchev–Trinajstić information content (AvgIpc) is 2.57. The molecule has 0 unspecified atom stereocenters. The highest BCUT2D eigenvalue weighted by Gasteiger charge is 2.50. The Hall–Kier alpha value is -0.380. The predicted octanol–water partition coefficient (Wildman–Crippen LogP) is 4.39. The smallest absolute Gasteiger partial charge is 0.0234 e. The lowest BCUT2D eigenvalue weighted by atomic mass is 9.54. The Balaban J connectivity index is 1.19. The normalized spacial score (nSPS) is 39.5. The van der Waals surface area contributed by atoms with Gasteiger partial charge in [-0.15, -0.1) is 0 Å². The Morgan fingerprint density at radius 1 is 0.792 bits per heavy atom. The van der Waals surface area contributed by atoms with E-state index in [1.54, 1.807) is 32.1 Å². The summed E-state index contributed by atoms with van der Waals surface area (Å²) in [4.78, 5) is 5.54. The highest BCUT2D eigenvalue weighted by atomic mass is 79.9. The molecule has 5 fully saturated rings. The van der Waals surface area contributed by atoms with Crippen LogP contribution in [0.25, 0.3) is 0 Å². The number of nitrogens with zero attached hydrogens (tertiary/aromatic N) is 2. The molecule has 6 rings (SSSR count). The summed E-state index contributed by atoms with van der Waals surface area (Å²) in [5.41, 5.74) is 1.45. The summed E-state index contributed by atoms with van der Waals surface area (Å²) in [6.45, 7) is 6.20. The first-order chi connectivity index (χ1) is 11.7. The van der Waals surface area contributed by atoms with Gasteiger partial charge in [-0.25, -0.2) is 0 Å². The summed E-state index contributed by atoms with van der Waals surface area (Å²) in [5.74, 6) is 4.28. The number of halogens is 1. The van der Waals surface area contributed by atoms with Crippen LogP contribution in [0.5, 0.6) is 0 Å². The van der Waals surface area contributed by atoms with Gasteiger partial charge in [-0.05, 0) is 73.5 Å². The van der Waals surface area contributed by atoms with Crippen molar-refractivity contribution in [2.75, 3.05) is 26.2 Å². The summed E-state index contributed by atoms with van der Waals surface area (Å²) >= 11 is 3.53. The van der Waals surface area contributed by atoms with Gasteiger partial charge in [-0.2, -0.15) is 0 Å². The van der Waals surface area contributed by atoms with Gasteiger partial charge in [-0.1, -0.05) is 28.1 Å². The third kappa shape index (κ3) is 2.97. The van der Waals surface area contributed by atoms with Crippen LogP contribution in [0.15, 0.2) is 28.7 Å². The van der Waals surface area contributed by atoms with E-state index in [1.807, 2.05) is 0 Å². The molecule has 0 amide bonds. The van der Waals surface area contributed by atoms with Crippen LogP contribution in [0, 0.1) is 23.7 Å². The average molecular weight is 389 g/mol. The predicted molar refractivity (Wildman–Crippen MR) is 102 cm³/mol. The zero-order valence-electron chi connectivity index (χ0n) is 14.5. The van der Waals surface area contributed by atoms with E-state index in [1.165, 1.54) is 36.2 Å². The largest absolute Gasteiger partial charge is 0.297 e. The van der Waals surface area contributed by atoms with E-state index >= 15 is 0 Å². The minimum atomic E-state index is 0.938. The maximum absolute atomic E-state index is 3.53. The van der Waals surface area contributed by atoms with Crippen molar-refractivity contribution in [3.05, 3.63) is 34.3 Å². The van der Waals surface area contributed by atoms with Crippen molar-refractivity contribution >= 4 is 15.9 Å². The van der Waals surface area contributed by atoms with E-state index in [0.29, 0.717) is 0 Å². The highest BCUT2D eigenvalue weighted by Crippen LogP contribution is 2.55. The van der Waals surface area contributed by atoms with Gasteiger partial charge in [0.25, 0.3) is 0 Å². The second-order valence-electron chi connectivity index (χ2n) is 8.86. The summed E-state index contributed by atoms with van der Waals surface area (Å²) in [5, 5.41) is 0. The Morgan fingerprint density at radius 3 is 1.96 bits per heavy atom. The minimum Gasteiger partial charge on any atom is -0.297 e. The van der Waals surface area contributed by atoms with Crippen LogP contribution in [-0.4, -0.2) is 42.0 Å². The molecule has 3 heteroatoms. The SMILES string of the molecule is Brc1ccc(CN2CCN(C3C4CC5CC(C4)CC3C5)CC2)cc1. The molecule has 24 heavy (non-hydrogen) atoms. The fourth-order valence-electron chi connectivity index (χ4n) is 6.56. The zero-order chi connectivity index (χ0) is 16.1. The molecule has 1 aromatic carbocycles. The van der Waals surface area contributed by atoms with Crippen molar-refractivity contribution in [2.24, 2.45) is 23.7 Å². The van der Waals surface area contributed by atoms with Crippen molar-refractivity contribution in [3.63, 3.8) is 0 Å². The second kappa shape index (κ2) is 6.41. The molecule has 2 nitrogen and oxygen atoms in total. The molecular weight excluding hydrogens is 360 g/mol. The highest BCUT2D eigenvalue weighted by molar-refractivity contribution is 9.10. The molecule has 0 atom stereocenters. The van der Waals surface area contributed by atoms with Crippen LogP contribution in [0.3, 0.4) is 0 Å². The summed E-state index contributed by atoms with van der Waals surface area (Å²) < 4.78 is 1.18. The first kappa shape index (κ1) is 15.8. The molecule has 0 spiro atoms. The first-order valence-corrected chi connectivity index (χ1v) is 10.7. The van der Waals surface area contributed by atoms with E-state index in [-0.39, 0.29) is 0 Å². The lowest BCUT2D eigenvalue weighted by Crippen LogP contribution is -2.60. The maximum Gasteiger partial charge on any atom is 0.0234 e. The van der Waals surface area contributed by atoms with Crippen molar-refractivity contribution in [2.45, 2.75) is 44.7 Å². The molecule has 130 valence electrons. The summed E-state index contributed by atoms with van der Waals surface area (Å²) in [6, 6.07) is 9.79. The molecule has 4 bridgehead atoms. The number of piperazine rings is 1. The Labute approximate surface area is 154 Å². The Kier molecular flexibility index (Phi) is 4.23. The molecule has 0 N–H and O–H groups in total. The number of benzene rings is 1. The Morgan fingerprint density at radius 2 is 1.38 bits per heavy atom. The number of rotatable bonds is 3. The van der Waals surface area contributed by atoms with Gasteiger partial charge in [0, 0.05) is 43.2 Å². The maximum atomic E-state index is 3.53. The monoisotopic (exact) mass is 388 g/mol. The van der Waals surface area contributed by atoms with E-state index < -0.39 is 0 Å². The molecule has 5 aliphatic rings. The van der Waals surface area contributed by atoms with E-state index in [2.05, 4.69) is 50.0 Å². The van der Waals surface area contributed by atoms with Crippen LogP contribution in [-0.2, 0) is 6.54 Å². The molecule has 1 aromatic rings. The zero-order valence-corrected chi connectivity index (χ0v) is 16.1. The molecule has 4 aliphatic carbocycles. The van der Waals surface area contributed by atoms with Gasteiger partial charge in [0.2, 0.25) is 0 Å². The lowest BCUT2D eigenvalue weighted by molar-refractivity contribution is -0.0769. The summed E-state index contributed by atoms with van der Waals surface area (Å²) in [6.07, 6.45) is 7.78. The molecule has 0 radical (unpaired) electrons. The fourth-order valence-corrected chi connectivity index (χ4v) is 6.82. The molecular formula is C21H29BrN2. The standard InChI is InChI=1S/C21H29BrN2/c22-20-3-1-15(2-4-20)14-23-5-7-24(8-6-23)21-18-10-16-9-17(12-18)13-19(21)11-16/h1-4,16-19,21H,5-14H2. The lowest BCUT2D eigenvalue weighted by Gasteiger charge is -2.58. The van der Waals surface area contributed by atoms with Crippen LogP contribution in [0.4, 0.5) is 0 Å². The summed E-state index contributed by atoms with van der Waals surface area (Å²) in [7, 11) is 0. The van der Waals surface area contributed by atoms with Crippen LogP contribution in [0.1, 0.15) is 37.7 Å². The molecule has 4 saturated carbocycles. The van der Waals surface area contributed by atoms with E-state index in [9.17, 15) is 0 Å². The van der Waals surface area contributed by atoms with Crippen LogP contribution < -0.4 is 0 Å². The third-order valence-corrected chi connectivity index (χ3v) is 7.85. The van der Waals surface area contributed by atoms with Crippen LogP contribution >= 0.6 is 15.9 Å². The van der Waals surface area contributed by atoms with Gasteiger partial charge in [-0.3, -0.25) is 9.80 Å². The minimum absolute atomic E-state index is 0.938.